The van der Waals surface area contributed by atoms with Gasteiger partial charge in [-0.05, 0) is 32.2 Å². The lowest BCUT2D eigenvalue weighted by Crippen LogP contribution is -2.42. The van der Waals surface area contributed by atoms with E-state index in [9.17, 15) is 19.3 Å². The van der Waals surface area contributed by atoms with Gasteiger partial charge in [-0.2, -0.15) is 5.09 Å². The smallest absolute Gasteiger partial charge is 0.459 e. The first-order valence-corrected chi connectivity index (χ1v) is 15.3. The van der Waals surface area contributed by atoms with Crippen LogP contribution in [0.1, 0.15) is 27.7 Å². The molecule has 6 atom stereocenters. The summed E-state index contributed by atoms with van der Waals surface area (Å²) < 4.78 is 44.2. The number of hydrogen-bond acceptors (Lipinski definition) is 10. The number of amides is 1. The van der Waals surface area contributed by atoms with Gasteiger partial charge in [0.05, 0.1) is 12.2 Å². The number of hydrogen-bond donors (Lipinski definition) is 4. The second-order valence-electron chi connectivity index (χ2n) is 10.7. The van der Waals surface area contributed by atoms with Crippen molar-refractivity contribution in [2.75, 3.05) is 13.2 Å². The van der Waals surface area contributed by atoms with Crippen molar-refractivity contribution in [3.63, 3.8) is 0 Å². The topological polar surface area (TPSA) is 196 Å². The molecule has 0 aliphatic carbocycles. The summed E-state index contributed by atoms with van der Waals surface area (Å²) in [4.78, 5) is 34.1. The fourth-order valence-corrected chi connectivity index (χ4v) is 6.44. The van der Waals surface area contributed by atoms with E-state index in [1.54, 1.807) is 55.3 Å². The predicted molar refractivity (Wildman–Crippen MR) is 157 cm³/mol. The predicted octanol–water partition coefficient (Wildman–Crippen LogP) is 2.98. The van der Waals surface area contributed by atoms with Crippen LogP contribution >= 0.6 is 7.75 Å². The molecule has 3 heterocycles. The van der Waals surface area contributed by atoms with Crippen molar-refractivity contribution >= 4 is 36.4 Å². The third kappa shape index (κ3) is 8.03. The number of fused-ring (bicyclic) bond motifs is 2. The Bertz CT molecular complexity index is 1500. The fraction of sp³-hybridized carbons (Fsp3) is 0.414. The summed E-state index contributed by atoms with van der Waals surface area (Å²) in [6, 6.07) is 11.4. The number of nitrogens with one attached hydrogen (secondary N) is 1. The minimum absolute atomic E-state index is 0.264. The van der Waals surface area contributed by atoms with Crippen molar-refractivity contribution in [3.8, 4) is 5.75 Å². The number of carbonyl (C=O) groups is 3. The zero-order valence-electron chi connectivity index (χ0n) is 24.6. The van der Waals surface area contributed by atoms with Gasteiger partial charge in [0.2, 0.25) is 5.91 Å². The quantitative estimate of drug-likeness (QED) is 0.279. The molecule has 0 saturated carbocycles. The van der Waals surface area contributed by atoms with Crippen LogP contribution in [-0.4, -0.2) is 82.5 Å². The molecule has 0 aromatic heterocycles. The molecule has 44 heavy (non-hydrogen) atoms. The molecule has 0 radical (unpaired) electrons. The molecule has 3 aliphatic heterocycles. The van der Waals surface area contributed by atoms with Gasteiger partial charge in [-0.15, -0.1) is 0 Å². The van der Waals surface area contributed by atoms with Gasteiger partial charge >= 0.3 is 13.7 Å². The van der Waals surface area contributed by atoms with Crippen molar-refractivity contribution < 1.29 is 52.4 Å². The fourth-order valence-electron chi connectivity index (χ4n) is 4.92. The van der Waals surface area contributed by atoms with E-state index in [4.69, 9.17) is 38.9 Å². The first-order valence-electron chi connectivity index (χ1n) is 13.7. The Labute approximate surface area is 253 Å². The minimum Gasteiger partial charge on any atom is -0.481 e. The maximum atomic E-state index is 14.0. The number of nitrogens with two attached hydrogens (primary N) is 1. The van der Waals surface area contributed by atoms with E-state index in [-0.39, 0.29) is 12.4 Å². The number of carboxylic acid groups (broad SMARTS) is 2. The van der Waals surface area contributed by atoms with Crippen molar-refractivity contribution in [1.29, 1.82) is 0 Å². The van der Waals surface area contributed by atoms with Crippen molar-refractivity contribution in [3.05, 3.63) is 66.4 Å². The van der Waals surface area contributed by atoms with Gasteiger partial charge in [-0.25, -0.2) is 4.57 Å². The van der Waals surface area contributed by atoms with Crippen molar-refractivity contribution in [2.45, 2.75) is 64.1 Å². The van der Waals surface area contributed by atoms with E-state index < -0.39 is 62.0 Å². The summed E-state index contributed by atoms with van der Waals surface area (Å²) in [6.45, 7) is 6.13. The number of primary amides is 1. The van der Waals surface area contributed by atoms with E-state index >= 15 is 0 Å². The Hall–Kier alpha value is -3.78. The van der Waals surface area contributed by atoms with E-state index in [1.165, 1.54) is 6.92 Å². The van der Waals surface area contributed by atoms with Crippen LogP contribution in [0.5, 0.6) is 5.75 Å². The van der Waals surface area contributed by atoms with Gasteiger partial charge in [0, 0.05) is 25.1 Å². The van der Waals surface area contributed by atoms with E-state index in [0.717, 1.165) is 12.3 Å². The third-order valence-corrected chi connectivity index (χ3v) is 8.38. The van der Waals surface area contributed by atoms with Gasteiger partial charge in [0.1, 0.15) is 30.1 Å². The molecule has 3 aliphatic rings. The standard InChI is InChI=1S/C27H32N3O9P.C2H4O2/c1-16(26(32)33)29-40(34,39-20-12-6-9-17-8-4-5-11-19(17)20)35-15-21-22-23(38-27(2,3)37-22)25(36-21)30-13-7-10-18(14-30)24(28)31;1-2(3)4/h4-12,14,16,21-23,25H,13,15H2,1-3H3,(H2,28,31)(H,29,34)(H,32,33);1H3,(H,3,4)/t16-,21?,22+,23+,25+,40?;/m0./s1. The van der Waals surface area contributed by atoms with Crippen molar-refractivity contribution in [2.24, 2.45) is 5.73 Å². The molecule has 5 rings (SSSR count). The van der Waals surface area contributed by atoms with Crippen LogP contribution in [-0.2, 0) is 37.7 Å². The minimum atomic E-state index is -4.26. The molecule has 0 bridgehead atoms. The Balaban J connectivity index is 0.00000104. The normalized spacial score (nSPS) is 25.6. The molecule has 15 heteroatoms. The Kier molecular flexibility index (Phi) is 10.1. The molecule has 2 aromatic carbocycles. The number of carboxylic acids is 2. The molecule has 238 valence electrons. The second-order valence-corrected chi connectivity index (χ2v) is 12.4. The number of benzene rings is 2. The highest BCUT2D eigenvalue weighted by molar-refractivity contribution is 7.52. The van der Waals surface area contributed by atoms with Crippen LogP contribution in [0.2, 0.25) is 0 Å². The van der Waals surface area contributed by atoms with Crippen LogP contribution in [0.3, 0.4) is 0 Å². The maximum Gasteiger partial charge on any atom is 0.459 e. The molecule has 2 unspecified atom stereocenters. The molecule has 1 amide bonds. The molecule has 2 saturated heterocycles. The summed E-state index contributed by atoms with van der Waals surface area (Å²) in [5.41, 5.74) is 5.77. The van der Waals surface area contributed by atoms with Crippen LogP contribution in [0.4, 0.5) is 0 Å². The molecular weight excluding hydrogens is 597 g/mol. The van der Waals surface area contributed by atoms with Gasteiger partial charge < -0.3 is 39.6 Å². The lowest BCUT2D eigenvalue weighted by molar-refractivity contribution is -0.203. The average molecular weight is 634 g/mol. The Morgan fingerprint density at radius 1 is 1.14 bits per heavy atom. The number of aliphatic carboxylic acids is 2. The molecule has 2 aromatic rings. The van der Waals surface area contributed by atoms with Crippen LogP contribution in [0.15, 0.2) is 66.4 Å². The van der Waals surface area contributed by atoms with Gasteiger partial charge in [-0.3, -0.25) is 18.9 Å². The first kappa shape index (κ1) is 33.1. The Morgan fingerprint density at radius 2 is 1.80 bits per heavy atom. The molecular formula is C29H36N3O11P. The number of nitrogens with zero attached hydrogens (tertiary/aromatic N) is 1. The molecule has 14 nitrogen and oxygen atoms in total. The van der Waals surface area contributed by atoms with E-state index in [1.807, 2.05) is 24.3 Å². The number of rotatable bonds is 10. The van der Waals surface area contributed by atoms with Crippen molar-refractivity contribution in [1.82, 2.24) is 9.99 Å². The second kappa shape index (κ2) is 13.5. The lowest BCUT2D eigenvalue weighted by atomic mass is 10.1. The monoisotopic (exact) mass is 633 g/mol. The SMILES string of the molecule is CC(=O)O.C[C@H](NP(=O)(OCC1O[C@@H](N2C=C(C(N)=O)C=CC2)[C@@H]2OC(C)(C)O[C@H]12)Oc1cccc2ccccc12)C(=O)O. The lowest BCUT2D eigenvalue weighted by Gasteiger charge is -2.32. The first-order chi connectivity index (χ1) is 20.7. The highest BCUT2D eigenvalue weighted by atomic mass is 31.2. The van der Waals surface area contributed by atoms with Gasteiger partial charge in [0.25, 0.3) is 5.97 Å². The summed E-state index contributed by atoms with van der Waals surface area (Å²) in [6.07, 6.45) is 2.42. The van der Waals surface area contributed by atoms with E-state index in [2.05, 4.69) is 5.09 Å². The maximum absolute atomic E-state index is 14.0. The van der Waals surface area contributed by atoms with Gasteiger partial charge in [-0.1, -0.05) is 48.6 Å². The van der Waals surface area contributed by atoms with Crippen LogP contribution in [0.25, 0.3) is 10.8 Å². The number of ether oxygens (including phenoxy) is 3. The largest absolute Gasteiger partial charge is 0.481 e. The number of carbonyl (C=O) groups excluding carboxylic acids is 1. The zero-order valence-corrected chi connectivity index (χ0v) is 25.5. The van der Waals surface area contributed by atoms with E-state index in [0.29, 0.717) is 17.5 Å². The molecule has 2 fully saturated rings. The Morgan fingerprint density at radius 3 is 2.48 bits per heavy atom. The summed E-state index contributed by atoms with van der Waals surface area (Å²) in [5.74, 6) is -3.31. The zero-order chi connectivity index (χ0) is 32.2. The summed E-state index contributed by atoms with van der Waals surface area (Å²) in [7, 11) is -4.26. The molecule has 0 spiro atoms. The summed E-state index contributed by atoms with van der Waals surface area (Å²) >= 11 is 0. The third-order valence-electron chi connectivity index (χ3n) is 6.75. The van der Waals surface area contributed by atoms with Crippen LogP contribution in [0, 0.1) is 0 Å². The average Bonchev–Trinajstić information content (AvgIpc) is 3.44. The highest BCUT2D eigenvalue weighted by Gasteiger charge is 2.57. The summed E-state index contributed by atoms with van der Waals surface area (Å²) in [5, 5.41) is 20.9. The van der Waals surface area contributed by atoms with Crippen LogP contribution < -0.4 is 15.3 Å². The highest BCUT2D eigenvalue weighted by Crippen LogP contribution is 2.48. The van der Waals surface area contributed by atoms with Gasteiger partial charge in [0.15, 0.2) is 12.0 Å². The molecule has 5 N–H and O–H groups in total.